The van der Waals surface area contributed by atoms with Crippen LogP contribution in [0.15, 0.2) is 0 Å². The average Bonchev–Trinajstić information content (AvgIpc) is 2.31. The van der Waals surface area contributed by atoms with Gasteiger partial charge in [0.2, 0.25) is 0 Å². The fourth-order valence-corrected chi connectivity index (χ4v) is 1.28. The molecule has 0 saturated heterocycles. The third kappa shape index (κ3) is 8.65. The summed E-state index contributed by atoms with van der Waals surface area (Å²) >= 11 is 0. The summed E-state index contributed by atoms with van der Waals surface area (Å²) in [4.78, 5) is 21.2. The summed E-state index contributed by atoms with van der Waals surface area (Å²) in [5.41, 5.74) is 0. The molecule has 6 heteroatoms. The Kier molecular flexibility index (Phi) is 9.37. The number of unbranched alkanes of at least 4 members (excludes halogenated alkanes) is 3. The third-order valence-corrected chi connectivity index (χ3v) is 2.23. The molecule has 0 aromatic rings. The highest BCUT2D eigenvalue weighted by molar-refractivity contribution is 5.74. The van der Waals surface area contributed by atoms with E-state index in [4.69, 9.17) is 14.9 Å². The number of carbonyl (C=O) groups is 2. The van der Waals surface area contributed by atoms with E-state index in [0.717, 1.165) is 19.3 Å². The predicted octanol–water partition coefficient (Wildman–Crippen LogP) is 0.572. The van der Waals surface area contributed by atoms with Crippen molar-refractivity contribution in [2.24, 2.45) is 0 Å². The number of aliphatic carboxylic acids is 1. The zero-order valence-corrected chi connectivity index (χ0v) is 10.1. The Morgan fingerprint density at radius 2 is 1.82 bits per heavy atom. The van der Waals surface area contributed by atoms with E-state index >= 15 is 0 Å². The van der Waals surface area contributed by atoms with Gasteiger partial charge in [0.15, 0.2) is 6.10 Å². The van der Waals surface area contributed by atoms with Crippen LogP contribution >= 0.6 is 0 Å². The average molecular weight is 248 g/mol. The molecule has 0 heterocycles. The van der Waals surface area contributed by atoms with Gasteiger partial charge in [-0.25, -0.2) is 4.79 Å². The van der Waals surface area contributed by atoms with Gasteiger partial charge in [-0.05, 0) is 12.8 Å². The summed E-state index contributed by atoms with van der Waals surface area (Å²) in [6.07, 6.45) is 2.30. The van der Waals surface area contributed by atoms with Crippen molar-refractivity contribution in [1.82, 2.24) is 0 Å². The van der Waals surface area contributed by atoms with E-state index in [1.165, 1.54) is 7.11 Å². The first-order chi connectivity index (χ1) is 8.11. The molecular formula is C11H20O6. The van der Waals surface area contributed by atoms with Crippen LogP contribution < -0.4 is 0 Å². The topological polar surface area (TPSA) is 93.1 Å². The van der Waals surface area contributed by atoms with Gasteiger partial charge >= 0.3 is 11.9 Å². The summed E-state index contributed by atoms with van der Waals surface area (Å²) in [5.74, 6) is -1.37. The van der Waals surface area contributed by atoms with Gasteiger partial charge in [0.25, 0.3) is 0 Å². The SMILES string of the molecule is COC(=O)C(CO)OCCCCCCC(=O)O. The molecule has 0 radical (unpaired) electrons. The second-order valence-corrected chi connectivity index (χ2v) is 3.62. The van der Waals surface area contributed by atoms with Crippen LogP contribution in [0.5, 0.6) is 0 Å². The molecule has 6 nitrogen and oxygen atoms in total. The van der Waals surface area contributed by atoms with E-state index in [2.05, 4.69) is 4.74 Å². The number of hydrogen-bond donors (Lipinski definition) is 2. The minimum atomic E-state index is -0.918. The molecule has 0 aromatic carbocycles. The van der Waals surface area contributed by atoms with Crippen molar-refractivity contribution in [2.45, 2.75) is 38.2 Å². The lowest BCUT2D eigenvalue weighted by atomic mass is 10.1. The van der Waals surface area contributed by atoms with Gasteiger partial charge in [-0.3, -0.25) is 4.79 Å². The number of carbonyl (C=O) groups excluding carboxylic acids is 1. The molecule has 0 bridgehead atoms. The van der Waals surface area contributed by atoms with Crippen LogP contribution in [0.3, 0.4) is 0 Å². The molecule has 0 rings (SSSR count). The second-order valence-electron chi connectivity index (χ2n) is 3.62. The Labute approximate surface area is 101 Å². The lowest BCUT2D eigenvalue weighted by Gasteiger charge is -2.12. The summed E-state index contributed by atoms with van der Waals surface area (Å²) in [5, 5.41) is 17.2. The number of rotatable bonds is 10. The standard InChI is InChI=1S/C11H20O6/c1-16-11(15)9(8-12)17-7-5-3-2-4-6-10(13)14/h9,12H,2-8H2,1H3,(H,13,14). The smallest absolute Gasteiger partial charge is 0.337 e. The van der Waals surface area contributed by atoms with Crippen molar-refractivity contribution in [2.75, 3.05) is 20.3 Å². The largest absolute Gasteiger partial charge is 0.481 e. The van der Waals surface area contributed by atoms with Crippen LogP contribution in [0.25, 0.3) is 0 Å². The fraction of sp³-hybridized carbons (Fsp3) is 0.818. The number of aliphatic hydroxyl groups excluding tert-OH is 1. The van der Waals surface area contributed by atoms with Crippen molar-refractivity contribution in [3.05, 3.63) is 0 Å². The maximum atomic E-state index is 11.0. The van der Waals surface area contributed by atoms with Crippen LogP contribution in [0, 0.1) is 0 Å². The molecule has 0 saturated carbocycles. The Hall–Kier alpha value is -1.14. The van der Waals surface area contributed by atoms with Crippen molar-refractivity contribution < 1.29 is 29.3 Å². The molecule has 0 aromatic heterocycles. The Morgan fingerprint density at radius 1 is 1.18 bits per heavy atom. The predicted molar refractivity (Wildman–Crippen MR) is 59.6 cm³/mol. The van der Waals surface area contributed by atoms with Crippen molar-refractivity contribution >= 4 is 11.9 Å². The molecule has 1 atom stereocenters. The molecule has 0 aliphatic heterocycles. The van der Waals surface area contributed by atoms with E-state index in [1.807, 2.05) is 0 Å². The zero-order valence-electron chi connectivity index (χ0n) is 10.1. The van der Waals surface area contributed by atoms with E-state index in [9.17, 15) is 9.59 Å². The Balaban J connectivity index is 3.43. The van der Waals surface area contributed by atoms with Gasteiger partial charge in [-0.1, -0.05) is 12.8 Å². The van der Waals surface area contributed by atoms with E-state index in [1.54, 1.807) is 0 Å². The summed E-state index contributed by atoms with van der Waals surface area (Å²) in [6.45, 7) is -0.0426. The number of methoxy groups -OCH3 is 1. The van der Waals surface area contributed by atoms with E-state index < -0.39 is 24.6 Å². The molecule has 17 heavy (non-hydrogen) atoms. The van der Waals surface area contributed by atoms with Gasteiger partial charge in [0, 0.05) is 13.0 Å². The quantitative estimate of drug-likeness (QED) is 0.434. The van der Waals surface area contributed by atoms with Crippen molar-refractivity contribution in [1.29, 1.82) is 0 Å². The fourth-order valence-electron chi connectivity index (χ4n) is 1.28. The first kappa shape index (κ1) is 15.9. The Morgan fingerprint density at radius 3 is 2.35 bits per heavy atom. The highest BCUT2D eigenvalue weighted by atomic mass is 16.6. The van der Waals surface area contributed by atoms with Crippen LogP contribution in [0.4, 0.5) is 0 Å². The molecule has 100 valence electrons. The molecule has 0 spiro atoms. The maximum Gasteiger partial charge on any atom is 0.337 e. The van der Waals surface area contributed by atoms with Crippen LogP contribution in [-0.2, 0) is 19.1 Å². The zero-order chi connectivity index (χ0) is 13.1. The molecule has 0 aliphatic carbocycles. The minimum Gasteiger partial charge on any atom is -0.481 e. The van der Waals surface area contributed by atoms with E-state index in [0.29, 0.717) is 13.0 Å². The van der Waals surface area contributed by atoms with Crippen molar-refractivity contribution in [3.8, 4) is 0 Å². The highest BCUT2D eigenvalue weighted by Crippen LogP contribution is 2.04. The first-order valence-electron chi connectivity index (χ1n) is 5.64. The molecule has 0 aliphatic rings. The first-order valence-corrected chi connectivity index (χ1v) is 5.64. The summed E-state index contributed by atoms with van der Waals surface area (Å²) in [7, 11) is 1.24. The number of carboxylic acid groups (broad SMARTS) is 1. The monoisotopic (exact) mass is 248 g/mol. The number of hydrogen-bond acceptors (Lipinski definition) is 5. The van der Waals surface area contributed by atoms with Gasteiger partial charge in [-0.2, -0.15) is 0 Å². The lowest BCUT2D eigenvalue weighted by Crippen LogP contribution is -2.29. The molecule has 0 amide bonds. The molecule has 2 N–H and O–H groups in total. The van der Waals surface area contributed by atoms with Gasteiger partial charge in [0.1, 0.15) is 0 Å². The second kappa shape index (κ2) is 10.0. The maximum absolute atomic E-state index is 11.0. The van der Waals surface area contributed by atoms with Crippen LogP contribution in [0.2, 0.25) is 0 Å². The molecule has 0 fully saturated rings. The number of ether oxygens (including phenoxy) is 2. The van der Waals surface area contributed by atoms with E-state index in [-0.39, 0.29) is 6.42 Å². The minimum absolute atomic E-state index is 0.183. The number of esters is 1. The van der Waals surface area contributed by atoms with Crippen LogP contribution in [0.1, 0.15) is 32.1 Å². The summed E-state index contributed by atoms with van der Waals surface area (Å²) in [6, 6.07) is 0. The molecule has 1 unspecified atom stereocenters. The number of aliphatic hydroxyl groups is 1. The molecular weight excluding hydrogens is 228 g/mol. The lowest BCUT2D eigenvalue weighted by molar-refractivity contribution is -0.156. The summed E-state index contributed by atoms with van der Waals surface area (Å²) < 4.78 is 9.57. The van der Waals surface area contributed by atoms with Gasteiger partial charge < -0.3 is 19.7 Å². The Bertz CT molecular complexity index is 228. The highest BCUT2D eigenvalue weighted by Gasteiger charge is 2.17. The van der Waals surface area contributed by atoms with Crippen LogP contribution in [-0.4, -0.2) is 48.6 Å². The van der Waals surface area contributed by atoms with Gasteiger partial charge in [-0.15, -0.1) is 0 Å². The number of carboxylic acids is 1. The normalized spacial score (nSPS) is 12.1. The van der Waals surface area contributed by atoms with Crippen molar-refractivity contribution in [3.63, 3.8) is 0 Å². The van der Waals surface area contributed by atoms with Gasteiger partial charge in [0.05, 0.1) is 13.7 Å². The third-order valence-electron chi connectivity index (χ3n) is 2.23.